The van der Waals surface area contributed by atoms with E-state index in [9.17, 15) is 13.2 Å². The monoisotopic (exact) mass is 459 g/mol. The normalized spacial score (nSPS) is 11.3. The molecule has 0 aliphatic heterocycles. The number of hydrogen-bond donors (Lipinski definition) is 1. The van der Waals surface area contributed by atoms with Crippen LogP contribution in [0.4, 0.5) is 5.69 Å². The van der Waals surface area contributed by atoms with Crippen molar-refractivity contribution < 1.29 is 22.7 Å². The molecule has 0 saturated heterocycles. The van der Waals surface area contributed by atoms with E-state index >= 15 is 0 Å². The second-order valence-corrected chi connectivity index (χ2v) is 8.58. The van der Waals surface area contributed by atoms with E-state index in [0.29, 0.717) is 17.1 Å². The number of nitrogens with one attached hydrogen (secondary N) is 1. The summed E-state index contributed by atoms with van der Waals surface area (Å²) in [6.07, 6.45) is 2.36. The molecule has 0 spiro atoms. The van der Waals surface area contributed by atoms with Crippen LogP contribution in [-0.4, -0.2) is 47.6 Å². The summed E-state index contributed by atoms with van der Waals surface area (Å²) in [4.78, 5) is 12.2. The van der Waals surface area contributed by atoms with Gasteiger partial charge >= 0.3 is 0 Å². The Labute approximate surface area is 179 Å². The zero-order valence-electron chi connectivity index (χ0n) is 15.8. The van der Waals surface area contributed by atoms with Crippen LogP contribution in [0.15, 0.2) is 41.5 Å². The van der Waals surface area contributed by atoms with Gasteiger partial charge in [-0.1, -0.05) is 23.2 Å². The molecule has 2 aromatic carbocycles. The number of benzene rings is 2. The Kier molecular flexibility index (Phi) is 7.72. The number of anilines is 1. The summed E-state index contributed by atoms with van der Waals surface area (Å²) >= 11 is 11.9. The number of ether oxygens (including phenoxy) is 2. The van der Waals surface area contributed by atoms with E-state index in [1.807, 2.05) is 0 Å². The lowest BCUT2D eigenvalue weighted by Crippen LogP contribution is -2.39. The maximum atomic E-state index is 12.2. The van der Waals surface area contributed by atoms with Gasteiger partial charge < -0.3 is 9.47 Å². The number of methoxy groups -OCH3 is 2. The van der Waals surface area contributed by atoms with Gasteiger partial charge in [-0.25, -0.2) is 13.8 Å². The number of rotatable bonds is 8. The van der Waals surface area contributed by atoms with Crippen LogP contribution in [0.1, 0.15) is 5.56 Å². The molecule has 2 aromatic rings. The summed E-state index contributed by atoms with van der Waals surface area (Å²) in [7, 11) is -0.745. The molecule has 156 valence electrons. The number of carbonyl (C=O) groups excluding carboxylic acids is 1. The highest BCUT2D eigenvalue weighted by Crippen LogP contribution is 2.27. The first kappa shape index (κ1) is 22.8. The molecule has 0 unspecified atom stereocenters. The molecule has 0 radical (unpaired) electrons. The molecule has 0 heterocycles. The average Bonchev–Trinajstić information content (AvgIpc) is 2.64. The summed E-state index contributed by atoms with van der Waals surface area (Å²) in [6.45, 7) is -0.501. The molecular formula is C18H19Cl2N3O5S. The second-order valence-electron chi connectivity index (χ2n) is 5.80. The average molecular weight is 460 g/mol. The van der Waals surface area contributed by atoms with E-state index in [2.05, 4.69) is 10.5 Å². The third kappa shape index (κ3) is 6.52. The topological polar surface area (TPSA) is 97.3 Å². The van der Waals surface area contributed by atoms with Crippen LogP contribution in [0.2, 0.25) is 10.0 Å². The van der Waals surface area contributed by atoms with Gasteiger partial charge in [0.15, 0.2) is 11.5 Å². The van der Waals surface area contributed by atoms with Gasteiger partial charge in [0.25, 0.3) is 5.91 Å². The van der Waals surface area contributed by atoms with Gasteiger partial charge in [0.05, 0.1) is 32.4 Å². The van der Waals surface area contributed by atoms with E-state index in [1.54, 1.807) is 18.2 Å². The second kappa shape index (κ2) is 9.82. The molecule has 0 aliphatic carbocycles. The number of hydrogen-bond acceptors (Lipinski definition) is 6. The van der Waals surface area contributed by atoms with Gasteiger partial charge in [-0.15, -0.1) is 0 Å². The van der Waals surface area contributed by atoms with Gasteiger partial charge in [0.2, 0.25) is 10.0 Å². The Morgan fingerprint density at radius 2 is 1.72 bits per heavy atom. The molecule has 0 fully saturated rings. The van der Waals surface area contributed by atoms with Crippen LogP contribution in [0, 0.1) is 0 Å². The maximum Gasteiger partial charge on any atom is 0.260 e. The fourth-order valence-electron chi connectivity index (χ4n) is 2.36. The number of amides is 1. The van der Waals surface area contributed by atoms with Crippen molar-refractivity contribution in [1.82, 2.24) is 5.43 Å². The fourth-order valence-corrected chi connectivity index (χ4v) is 3.72. The third-order valence-corrected chi connectivity index (χ3v) is 5.21. The van der Waals surface area contributed by atoms with Gasteiger partial charge in [-0.05, 0) is 42.0 Å². The lowest BCUT2D eigenvalue weighted by atomic mass is 10.2. The first-order chi connectivity index (χ1) is 13.6. The maximum absolute atomic E-state index is 12.2. The minimum atomic E-state index is -3.77. The van der Waals surface area contributed by atoms with Crippen LogP contribution >= 0.6 is 23.2 Å². The van der Waals surface area contributed by atoms with Gasteiger partial charge in [0, 0.05) is 10.0 Å². The lowest BCUT2D eigenvalue weighted by Gasteiger charge is -2.21. The minimum Gasteiger partial charge on any atom is -0.493 e. The molecule has 1 N–H and O–H groups in total. The molecule has 0 aromatic heterocycles. The van der Waals surface area contributed by atoms with Crippen molar-refractivity contribution in [2.45, 2.75) is 0 Å². The summed E-state index contributed by atoms with van der Waals surface area (Å²) in [5.74, 6) is 0.407. The molecule has 29 heavy (non-hydrogen) atoms. The minimum absolute atomic E-state index is 0.170. The van der Waals surface area contributed by atoms with Crippen LogP contribution in [-0.2, 0) is 14.8 Å². The summed E-state index contributed by atoms with van der Waals surface area (Å²) in [5, 5.41) is 4.33. The summed E-state index contributed by atoms with van der Waals surface area (Å²) in [6, 6.07) is 9.33. The zero-order chi connectivity index (χ0) is 21.6. The highest BCUT2D eigenvalue weighted by atomic mass is 35.5. The predicted octanol–water partition coefficient (Wildman–Crippen LogP) is 2.93. The van der Waals surface area contributed by atoms with Gasteiger partial charge in [-0.3, -0.25) is 9.10 Å². The quantitative estimate of drug-likeness (QED) is 0.483. The molecule has 0 atom stereocenters. The standard InChI is InChI=1S/C18H19Cl2N3O5S/c1-27-16-5-4-12(6-17(16)28-2)10-21-22-18(24)11-23(29(3,25)26)15-8-13(19)7-14(20)9-15/h4-10H,11H2,1-3H3,(H,22,24)/b21-10-. The molecular weight excluding hydrogens is 441 g/mol. The molecule has 0 bridgehead atoms. The van der Waals surface area contributed by atoms with E-state index in [4.69, 9.17) is 32.7 Å². The molecule has 0 aliphatic rings. The molecule has 8 nitrogen and oxygen atoms in total. The van der Waals surface area contributed by atoms with Crippen molar-refractivity contribution in [3.63, 3.8) is 0 Å². The largest absolute Gasteiger partial charge is 0.493 e. The lowest BCUT2D eigenvalue weighted by molar-refractivity contribution is -0.119. The van der Waals surface area contributed by atoms with Crippen molar-refractivity contribution in [1.29, 1.82) is 0 Å². The summed E-state index contributed by atoms with van der Waals surface area (Å²) in [5.41, 5.74) is 3.10. The fraction of sp³-hybridized carbons (Fsp3) is 0.222. The number of halogens is 2. The Bertz CT molecular complexity index is 1010. The smallest absolute Gasteiger partial charge is 0.260 e. The number of carbonyl (C=O) groups is 1. The van der Waals surface area contributed by atoms with Crippen LogP contribution in [0.25, 0.3) is 0 Å². The van der Waals surface area contributed by atoms with E-state index in [1.165, 1.54) is 38.6 Å². The number of nitrogens with zero attached hydrogens (tertiary/aromatic N) is 2. The zero-order valence-corrected chi connectivity index (χ0v) is 18.2. The summed E-state index contributed by atoms with van der Waals surface area (Å²) < 4.78 is 35.4. The Morgan fingerprint density at radius 1 is 1.10 bits per heavy atom. The third-order valence-electron chi connectivity index (χ3n) is 3.63. The Hall–Kier alpha value is -2.49. The van der Waals surface area contributed by atoms with Crippen molar-refractivity contribution in [2.24, 2.45) is 5.10 Å². The highest BCUT2D eigenvalue weighted by Gasteiger charge is 2.21. The van der Waals surface area contributed by atoms with Crippen molar-refractivity contribution in [3.05, 3.63) is 52.0 Å². The van der Waals surface area contributed by atoms with Crippen molar-refractivity contribution in [2.75, 3.05) is 31.3 Å². The Morgan fingerprint density at radius 3 is 2.28 bits per heavy atom. The van der Waals surface area contributed by atoms with Crippen LogP contribution in [0.5, 0.6) is 11.5 Å². The van der Waals surface area contributed by atoms with E-state index < -0.39 is 22.5 Å². The molecule has 1 amide bonds. The highest BCUT2D eigenvalue weighted by molar-refractivity contribution is 7.92. The first-order valence-corrected chi connectivity index (χ1v) is 10.7. The molecule has 2 rings (SSSR count). The Balaban J connectivity index is 2.12. The first-order valence-electron chi connectivity index (χ1n) is 8.11. The van der Waals surface area contributed by atoms with Crippen molar-refractivity contribution in [3.8, 4) is 11.5 Å². The van der Waals surface area contributed by atoms with Gasteiger partial charge in [0.1, 0.15) is 6.54 Å². The van der Waals surface area contributed by atoms with Crippen LogP contribution in [0.3, 0.4) is 0 Å². The van der Waals surface area contributed by atoms with E-state index in [-0.39, 0.29) is 15.7 Å². The van der Waals surface area contributed by atoms with E-state index in [0.717, 1.165) is 10.6 Å². The number of hydrazone groups is 1. The predicted molar refractivity (Wildman–Crippen MR) is 114 cm³/mol. The van der Waals surface area contributed by atoms with Gasteiger partial charge in [-0.2, -0.15) is 5.10 Å². The van der Waals surface area contributed by atoms with Crippen molar-refractivity contribution >= 4 is 51.0 Å². The molecule has 11 heteroatoms. The molecule has 0 saturated carbocycles. The van der Waals surface area contributed by atoms with Crippen LogP contribution < -0.4 is 19.2 Å². The SMILES string of the molecule is COc1ccc(/C=N\NC(=O)CN(c2cc(Cl)cc(Cl)c2)S(C)(=O)=O)cc1OC. The number of sulfonamides is 1.